The van der Waals surface area contributed by atoms with E-state index in [-0.39, 0.29) is 17.6 Å². The van der Waals surface area contributed by atoms with E-state index in [1.165, 1.54) is 16.9 Å². The lowest BCUT2D eigenvalue weighted by molar-refractivity contribution is -0.129. The van der Waals surface area contributed by atoms with Crippen LogP contribution in [-0.4, -0.2) is 29.0 Å². The van der Waals surface area contributed by atoms with E-state index >= 15 is 0 Å². The Kier molecular flexibility index (Phi) is 5.48. The summed E-state index contributed by atoms with van der Waals surface area (Å²) in [7, 11) is 0. The number of rotatable bonds is 5. The van der Waals surface area contributed by atoms with E-state index < -0.39 is 12.1 Å². The van der Waals surface area contributed by atoms with Crippen molar-refractivity contribution in [2.45, 2.75) is 51.7 Å². The number of aromatic nitrogens is 1. The van der Waals surface area contributed by atoms with Crippen LogP contribution in [0, 0.1) is 6.92 Å². The Morgan fingerprint density at radius 2 is 1.92 bits per heavy atom. The van der Waals surface area contributed by atoms with E-state index in [9.17, 15) is 9.59 Å². The van der Waals surface area contributed by atoms with Crippen LogP contribution in [-0.2, 0) is 9.53 Å². The van der Waals surface area contributed by atoms with Crippen LogP contribution in [0.15, 0.2) is 29.6 Å². The first-order valence-electron chi connectivity index (χ1n) is 8.57. The first kappa shape index (κ1) is 17.6. The number of aryl methyl sites for hydroxylation is 1. The lowest BCUT2D eigenvalue weighted by atomic mass is 10.2. The zero-order valence-corrected chi connectivity index (χ0v) is 15.3. The third-order valence-corrected chi connectivity index (χ3v) is 5.26. The normalized spacial score (nSPS) is 15.8. The molecular formula is C19H22N2O3S. The molecule has 1 heterocycles. The average molecular weight is 358 g/mol. The fourth-order valence-electron chi connectivity index (χ4n) is 2.86. The summed E-state index contributed by atoms with van der Waals surface area (Å²) in [5.41, 5.74) is 2.37. The molecule has 1 fully saturated rings. The van der Waals surface area contributed by atoms with E-state index in [0.717, 1.165) is 36.3 Å². The van der Waals surface area contributed by atoms with Crippen molar-refractivity contribution in [1.82, 2.24) is 10.3 Å². The summed E-state index contributed by atoms with van der Waals surface area (Å²) in [5, 5.41) is 5.36. The van der Waals surface area contributed by atoms with Crippen LogP contribution in [0.1, 0.15) is 48.7 Å². The van der Waals surface area contributed by atoms with Crippen molar-refractivity contribution in [3.8, 4) is 10.6 Å². The molecule has 1 aromatic carbocycles. The Morgan fingerprint density at radius 3 is 2.60 bits per heavy atom. The second-order valence-electron chi connectivity index (χ2n) is 6.44. The third kappa shape index (κ3) is 4.45. The molecule has 6 heteroatoms. The Bertz CT molecular complexity index is 748. The van der Waals surface area contributed by atoms with Crippen molar-refractivity contribution >= 4 is 23.2 Å². The van der Waals surface area contributed by atoms with Gasteiger partial charge in [-0.1, -0.05) is 42.7 Å². The van der Waals surface area contributed by atoms with Gasteiger partial charge in [0.25, 0.3) is 5.91 Å². The fraction of sp³-hybridized carbons (Fsp3) is 0.421. The average Bonchev–Trinajstić information content (AvgIpc) is 3.27. The number of carbonyl (C=O) groups is 2. The van der Waals surface area contributed by atoms with Crippen molar-refractivity contribution < 1.29 is 14.3 Å². The van der Waals surface area contributed by atoms with Gasteiger partial charge in [0, 0.05) is 17.0 Å². The Balaban J connectivity index is 1.59. The number of esters is 1. The van der Waals surface area contributed by atoms with Gasteiger partial charge in [-0.15, -0.1) is 11.3 Å². The number of nitrogens with one attached hydrogen (secondary N) is 1. The molecule has 25 heavy (non-hydrogen) atoms. The molecule has 1 aliphatic carbocycles. The molecule has 1 N–H and O–H groups in total. The summed E-state index contributed by atoms with van der Waals surface area (Å²) in [6.45, 7) is 3.61. The molecule has 2 aromatic rings. The van der Waals surface area contributed by atoms with Crippen LogP contribution in [0.4, 0.5) is 0 Å². The van der Waals surface area contributed by atoms with E-state index in [0.29, 0.717) is 0 Å². The number of carbonyl (C=O) groups excluding carboxylic acids is 2. The molecule has 3 rings (SSSR count). The van der Waals surface area contributed by atoms with Gasteiger partial charge in [-0.25, -0.2) is 9.78 Å². The molecule has 0 bridgehead atoms. The Morgan fingerprint density at radius 1 is 1.24 bits per heavy atom. The van der Waals surface area contributed by atoms with Crippen LogP contribution in [0.25, 0.3) is 10.6 Å². The molecule has 0 aliphatic heterocycles. The molecule has 1 aromatic heterocycles. The summed E-state index contributed by atoms with van der Waals surface area (Å²) in [6.07, 6.45) is 3.45. The highest BCUT2D eigenvalue weighted by Gasteiger charge is 2.24. The molecule has 1 atom stereocenters. The van der Waals surface area contributed by atoms with Gasteiger partial charge < -0.3 is 10.1 Å². The molecule has 1 amide bonds. The van der Waals surface area contributed by atoms with Gasteiger partial charge in [-0.3, -0.25) is 4.79 Å². The van der Waals surface area contributed by atoms with Gasteiger partial charge >= 0.3 is 5.97 Å². The van der Waals surface area contributed by atoms with Crippen LogP contribution < -0.4 is 5.32 Å². The standard InChI is InChI=1S/C19H22N2O3S/c1-12-7-9-14(10-8-12)18-21-16(11-25-18)19(23)24-13(2)17(22)20-15-5-3-4-6-15/h7-11,13,15H,3-6H2,1-2H3,(H,20,22). The monoisotopic (exact) mass is 358 g/mol. The Labute approximate surface area is 151 Å². The molecular weight excluding hydrogens is 336 g/mol. The van der Waals surface area contributed by atoms with Crippen LogP contribution in [0.5, 0.6) is 0 Å². The summed E-state index contributed by atoms with van der Waals surface area (Å²) in [6, 6.07) is 8.16. The second-order valence-corrected chi connectivity index (χ2v) is 7.30. The predicted octanol–water partition coefficient (Wildman–Crippen LogP) is 3.72. The predicted molar refractivity (Wildman–Crippen MR) is 97.6 cm³/mol. The van der Waals surface area contributed by atoms with E-state index in [4.69, 9.17) is 4.74 Å². The number of amides is 1. The molecule has 1 unspecified atom stereocenters. The highest BCUT2D eigenvalue weighted by molar-refractivity contribution is 7.13. The SMILES string of the molecule is Cc1ccc(-c2nc(C(=O)OC(C)C(=O)NC3CCCC3)cs2)cc1. The van der Waals surface area contributed by atoms with E-state index in [1.807, 2.05) is 31.2 Å². The van der Waals surface area contributed by atoms with Crippen molar-refractivity contribution in [2.75, 3.05) is 0 Å². The molecule has 1 saturated carbocycles. The van der Waals surface area contributed by atoms with Crippen molar-refractivity contribution in [3.05, 3.63) is 40.9 Å². The number of benzene rings is 1. The first-order valence-corrected chi connectivity index (χ1v) is 9.45. The highest BCUT2D eigenvalue weighted by atomic mass is 32.1. The fourth-order valence-corrected chi connectivity index (χ4v) is 3.65. The lowest BCUT2D eigenvalue weighted by Crippen LogP contribution is -2.40. The molecule has 5 nitrogen and oxygen atoms in total. The Hall–Kier alpha value is -2.21. The summed E-state index contributed by atoms with van der Waals surface area (Å²) in [4.78, 5) is 28.7. The molecule has 0 spiro atoms. The van der Waals surface area contributed by atoms with Gasteiger partial charge in [-0.05, 0) is 26.7 Å². The van der Waals surface area contributed by atoms with Crippen molar-refractivity contribution in [1.29, 1.82) is 0 Å². The van der Waals surface area contributed by atoms with Gasteiger partial charge in [0.1, 0.15) is 5.01 Å². The minimum absolute atomic E-state index is 0.209. The van der Waals surface area contributed by atoms with Gasteiger partial charge in [0.2, 0.25) is 0 Å². The maximum Gasteiger partial charge on any atom is 0.358 e. The van der Waals surface area contributed by atoms with Crippen LogP contribution >= 0.6 is 11.3 Å². The van der Waals surface area contributed by atoms with Gasteiger partial charge in [0.15, 0.2) is 11.8 Å². The van der Waals surface area contributed by atoms with Crippen molar-refractivity contribution in [2.24, 2.45) is 0 Å². The minimum Gasteiger partial charge on any atom is -0.448 e. The smallest absolute Gasteiger partial charge is 0.358 e. The number of nitrogens with zero attached hydrogens (tertiary/aromatic N) is 1. The molecule has 132 valence electrons. The quantitative estimate of drug-likeness (QED) is 0.827. The highest BCUT2D eigenvalue weighted by Crippen LogP contribution is 2.24. The largest absolute Gasteiger partial charge is 0.448 e. The molecule has 0 radical (unpaired) electrons. The number of thiazole rings is 1. The maximum atomic E-state index is 12.2. The summed E-state index contributed by atoms with van der Waals surface area (Å²) in [5.74, 6) is -0.807. The molecule has 1 aliphatic rings. The van der Waals surface area contributed by atoms with Gasteiger partial charge in [0.05, 0.1) is 0 Å². The van der Waals surface area contributed by atoms with E-state index in [1.54, 1.807) is 12.3 Å². The number of hydrogen-bond acceptors (Lipinski definition) is 5. The number of hydrogen-bond donors (Lipinski definition) is 1. The minimum atomic E-state index is -0.822. The first-order chi connectivity index (χ1) is 12.0. The van der Waals surface area contributed by atoms with Crippen LogP contribution in [0.3, 0.4) is 0 Å². The lowest BCUT2D eigenvalue weighted by Gasteiger charge is -2.16. The second kappa shape index (κ2) is 7.78. The van der Waals surface area contributed by atoms with Gasteiger partial charge in [-0.2, -0.15) is 0 Å². The van der Waals surface area contributed by atoms with Crippen LogP contribution in [0.2, 0.25) is 0 Å². The summed E-state index contributed by atoms with van der Waals surface area (Å²) < 4.78 is 5.27. The summed E-state index contributed by atoms with van der Waals surface area (Å²) >= 11 is 1.39. The zero-order valence-electron chi connectivity index (χ0n) is 14.5. The number of ether oxygens (including phenoxy) is 1. The third-order valence-electron chi connectivity index (χ3n) is 4.37. The maximum absolute atomic E-state index is 12.2. The zero-order chi connectivity index (χ0) is 17.8. The molecule has 0 saturated heterocycles. The van der Waals surface area contributed by atoms with Crippen molar-refractivity contribution in [3.63, 3.8) is 0 Å². The van der Waals surface area contributed by atoms with E-state index in [2.05, 4.69) is 10.3 Å². The topological polar surface area (TPSA) is 68.3 Å².